The average molecular weight is 289 g/mol. The molecule has 116 valence electrons. The normalized spacial score (nSPS) is 21.0. The third-order valence-electron chi connectivity index (χ3n) is 4.31. The molecule has 2 unspecified atom stereocenters. The van der Waals surface area contributed by atoms with E-state index in [1.807, 2.05) is 24.3 Å². The number of nitrogens with zero attached hydrogens (tertiary/aromatic N) is 1. The minimum Gasteiger partial charge on any atom is -0.399 e. The number of carbonyl (C=O) groups is 1. The van der Waals surface area contributed by atoms with Crippen molar-refractivity contribution in [2.24, 2.45) is 0 Å². The van der Waals surface area contributed by atoms with Crippen molar-refractivity contribution in [3.63, 3.8) is 0 Å². The van der Waals surface area contributed by atoms with Crippen LogP contribution in [0.2, 0.25) is 0 Å². The Bertz CT molecular complexity index is 458. The van der Waals surface area contributed by atoms with Crippen LogP contribution in [-0.2, 0) is 4.79 Å². The molecule has 1 aromatic rings. The van der Waals surface area contributed by atoms with Crippen molar-refractivity contribution in [2.45, 2.75) is 45.1 Å². The average Bonchev–Trinajstić information content (AvgIpc) is 2.47. The maximum atomic E-state index is 12.2. The zero-order chi connectivity index (χ0) is 15.2. The van der Waals surface area contributed by atoms with Crippen LogP contribution < -0.4 is 11.1 Å². The molecule has 2 rings (SSSR count). The molecule has 1 fully saturated rings. The van der Waals surface area contributed by atoms with E-state index in [2.05, 4.69) is 24.1 Å². The molecular weight excluding hydrogens is 262 g/mol. The largest absolute Gasteiger partial charge is 0.399 e. The molecule has 0 bridgehead atoms. The summed E-state index contributed by atoms with van der Waals surface area (Å²) in [6, 6.07) is 8.11. The standard InChI is InChI=1S/C17H27N3O/c1-3-20-10-4-5-16(12-20)19-17(21)11-13(2)14-6-8-15(18)9-7-14/h6-9,13,16H,3-5,10-12,18H2,1-2H3,(H,19,21). The van der Waals surface area contributed by atoms with E-state index in [0.29, 0.717) is 12.5 Å². The van der Waals surface area contributed by atoms with Crippen LogP contribution >= 0.6 is 0 Å². The molecule has 21 heavy (non-hydrogen) atoms. The molecule has 3 N–H and O–H groups in total. The van der Waals surface area contributed by atoms with Gasteiger partial charge in [-0.1, -0.05) is 26.0 Å². The summed E-state index contributed by atoms with van der Waals surface area (Å²) in [6.45, 7) is 7.47. The number of hydrogen-bond acceptors (Lipinski definition) is 3. The van der Waals surface area contributed by atoms with Gasteiger partial charge in [0.1, 0.15) is 0 Å². The third kappa shape index (κ3) is 4.74. The van der Waals surface area contributed by atoms with Gasteiger partial charge >= 0.3 is 0 Å². The molecular formula is C17H27N3O. The number of nitrogens with two attached hydrogens (primary N) is 1. The fourth-order valence-corrected chi connectivity index (χ4v) is 2.97. The number of piperidine rings is 1. The van der Waals surface area contributed by atoms with Gasteiger partial charge in [-0.2, -0.15) is 0 Å². The summed E-state index contributed by atoms with van der Waals surface area (Å²) < 4.78 is 0. The van der Waals surface area contributed by atoms with E-state index in [9.17, 15) is 4.79 Å². The van der Waals surface area contributed by atoms with Crippen molar-refractivity contribution in [3.05, 3.63) is 29.8 Å². The van der Waals surface area contributed by atoms with Crippen LogP contribution in [0.5, 0.6) is 0 Å². The molecule has 1 aliphatic rings. The lowest BCUT2D eigenvalue weighted by molar-refractivity contribution is -0.122. The zero-order valence-corrected chi connectivity index (χ0v) is 13.1. The van der Waals surface area contributed by atoms with Crippen LogP contribution in [0.3, 0.4) is 0 Å². The lowest BCUT2D eigenvalue weighted by Gasteiger charge is -2.32. The van der Waals surface area contributed by atoms with Gasteiger partial charge < -0.3 is 16.0 Å². The quantitative estimate of drug-likeness (QED) is 0.818. The van der Waals surface area contributed by atoms with E-state index in [4.69, 9.17) is 5.73 Å². The molecule has 1 aliphatic heterocycles. The maximum Gasteiger partial charge on any atom is 0.220 e. The second-order valence-corrected chi connectivity index (χ2v) is 6.07. The second-order valence-electron chi connectivity index (χ2n) is 6.07. The highest BCUT2D eigenvalue weighted by Crippen LogP contribution is 2.20. The Hall–Kier alpha value is -1.55. The molecule has 1 heterocycles. The molecule has 0 saturated carbocycles. The maximum absolute atomic E-state index is 12.2. The Balaban J connectivity index is 1.82. The molecule has 1 saturated heterocycles. The topological polar surface area (TPSA) is 58.4 Å². The number of benzene rings is 1. The number of rotatable bonds is 5. The van der Waals surface area contributed by atoms with Crippen molar-refractivity contribution < 1.29 is 4.79 Å². The number of likely N-dealkylation sites (tertiary alicyclic amines) is 1. The van der Waals surface area contributed by atoms with Crippen LogP contribution in [0.25, 0.3) is 0 Å². The van der Waals surface area contributed by atoms with E-state index in [1.165, 1.54) is 6.42 Å². The van der Waals surface area contributed by atoms with Crippen LogP contribution in [-0.4, -0.2) is 36.5 Å². The molecule has 0 aliphatic carbocycles. The molecule has 4 nitrogen and oxygen atoms in total. The van der Waals surface area contributed by atoms with Crippen LogP contribution in [0, 0.1) is 0 Å². The highest BCUT2D eigenvalue weighted by molar-refractivity contribution is 5.77. The lowest BCUT2D eigenvalue weighted by atomic mass is 9.96. The number of amides is 1. The van der Waals surface area contributed by atoms with Crippen molar-refractivity contribution in [2.75, 3.05) is 25.4 Å². The van der Waals surface area contributed by atoms with E-state index < -0.39 is 0 Å². The van der Waals surface area contributed by atoms with Gasteiger partial charge in [0.25, 0.3) is 0 Å². The minimum absolute atomic E-state index is 0.155. The first-order valence-corrected chi connectivity index (χ1v) is 7.95. The minimum atomic E-state index is 0.155. The van der Waals surface area contributed by atoms with Crippen molar-refractivity contribution in [1.82, 2.24) is 10.2 Å². The van der Waals surface area contributed by atoms with Gasteiger partial charge in [-0.25, -0.2) is 0 Å². The second kappa shape index (κ2) is 7.46. The van der Waals surface area contributed by atoms with Crippen molar-refractivity contribution in [3.8, 4) is 0 Å². The van der Waals surface area contributed by atoms with Gasteiger partial charge in [-0.3, -0.25) is 4.79 Å². The van der Waals surface area contributed by atoms with Gasteiger partial charge in [-0.05, 0) is 49.5 Å². The summed E-state index contributed by atoms with van der Waals surface area (Å²) in [6.07, 6.45) is 2.80. The number of nitrogen functional groups attached to an aromatic ring is 1. The molecule has 4 heteroatoms. The van der Waals surface area contributed by atoms with Crippen molar-refractivity contribution in [1.29, 1.82) is 0 Å². The molecule has 0 spiro atoms. The Morgan fingerprint density at radius 2 is 2.14 bits per heavy atom. The van der Waals surface area contributed by atoms with E-state index in [1.54, 1.807) is 0 Å². The van der Waals surface area contributed by atoms with Gasteiger partial charge in [0.05, 0.1) is 0 Å². The first kappa shape index (κ1) is 15.8. The molecule has 0 aromatic heterocycles. The molecule has 2 atom stereocenters. The van der Waals surface area contributed by atoms with E-state index in [0.717, 1.165) is 37.3 Å². The van der Waals surface area contributed by atoms with Crippen molar-refractivity contribution >= 4 is 11.6 Å². The molecule has 1 amide bonds. The van der Waals surface area contributed by atoms with Gasteiger partial charge in [0.15, 0.2) is 0 Å². The smallest absolute Gasteiger partial charge is 0.220 e. The number of carbonyl (C=O) groups excluding carboxylic acids is 1. The van der Waals surface area contributed by atoms with Crippen LogP contribution in [0.15, 0.2) is 24.3 Å². The summed E-state index contributed by atoms with van der Waals surface area (Å²) in [7, 11) is 0. The summed E-state index contributed by atoms with van der Waals surface area (Å²) in [5, 5.41) is 3.19. The SMILES string of the molecule is CCN1CCCC(NC(=O)CC(C)c2ccc(N)cc2)C1. The summed E-state index contributed by atoms with van der Waals surface area (Å²) >= 11 is 0. The molecule has 0 radical (unpaired) electrons. The first-order valence-electron chi connectivity index (χ1n) is 7.95. The number of anilines is 1. The lowest BCUT2D eigenvalue weighted by Crippen LogP contribution is -2.47. The monoisotopic (exact) mass is 289 g/mol. The highest BCUT2D eigenvalue weighted by Gasteiger charge is 2.21. The fraction of sp³-hybridized carbons (Fsp3) is 0.588. The predicted molar refractivity (Wildman–Crippen MR) is 87.2 cm³/mol. The molecule has 1 aromatic carbocycles. The Morgan fingerprint density at radius 3 is 2.81 bits per heavy atom. The van der Waals surface area contributed by atoms with E-state index >= 15 is 0 Å². The Morgan fingerprint density at radius 1 is 1.43 bits per heavy atom. The van der Waals surface area contributed by atoms with Gasteiger partial charge in [-0.15, -0.1) is 0 Å². The third-order valence-corrected chi connectivity index (χ3v) is 4.31. The summed E-state index contributed by atoms with van der Waals surface area (Å²) in [5.74, 6) is 0.374. The Kier molecular flexibility index (Phi) is 5.62. The first-order chi connectivity index (χ1) is 10.1. The zero-order valence-electron chi connectivity index (χ0n) is 13.1. The summed E-state index contributed by atoms with van der Waals surface area (Å²) in [4.78, 5) is 14.6. The number of likely N-dealkylation sites (N-methyl/N-ethyl adjacent to an activating group) is 1. The fourth-order valence-electron chi connectivity index (χ4n) is 2.97. The summed E-state index contributed by atoms with van der Waals surface area (Å²) in [5.41, 5.74) is 7.62. The Labute approximate surface area is 127 Å². The van der Waals surface area contributed by atoms with Gasteiger partial charge in [0.2, 0.25) is 5.91 Å². The van der Waals surface area contributed by atoms with Crippen LogP contribution in [0.4, 0.5) is 5.69 Å². The number of hydrogen-bond donors (Lipinski definition) is 2. The van der Waals surface area contributed by atoms with Crippen LogP contribution in [0.1, 0.15) is 44.6 Å². The number of nitrogens with one attached hydrogen (secondary N) is 1. The van der Waals surface area contributed by atoms with Gasteiger partial charge in [0, 0.05) is 24.7 Å². The predicted octanol–water partition coefficient (Wildman–Crippen LogP) is 2.36. The highest BCUT2D eigenvalue weighted by atomic mass is 16.1. The van der Waals surface area contributed by atoms with E-state index in [-0.39, 0.29) is 11.8 Å².